The van der Waals surface area contributed by atoms with E-state index in [0.717, 1.165) is 29.0 Å². The highest BCUT2D eigenvalue weighted by atomic mass is 32.1. The SMILES string of the molecule is CCCCN1C(=O)C(=O)/C(=C(\O)c2ccc(OC)c(C(C)(C)C)c2)C1c1cccs1. The van der Waals surface area contributed by atoms with Gasteiger partial charge < -0.3 is 14.7 Å². The van der Waals surface area contributed by atoms with Crippen LogP contribution >= 0.6 is 11.3 Å². The minimum atomic E-state index is -0.630. The van der Waals surface area contributed by atoms with Crippen molar-refractivity contribution >= 4 is 28.8 Å². The molecule has 5 nitrogen and oxygen atoms in total. The molecular weight excluding hydrogens is 398 g/mol. The van der Waals surface area contributed by atoms with Crippen molar-refractivity contribution in [2.45, 2.75) is 52.0 Å². The zero-order valence-corrected chi connectivity index (χ0v) is 19.0. The number of unbranched alkanes of at least 4 members (excludes halogenated alkanes) is 1. The summed E-state index contributed by atoms with van der Waals surface area (Å²) in [5.41, 5.74) is 1.36. The summed E-state index contributed by atoms with van der Waals surface area (Å²) >= 11 is 1.48. The normalized spacial score (nSPS) is 18.8. The van der Waals surface area contributed by atoms with Gasteiger partial charge in [-0.25, -0.2) is 0 Å². The number of aliphatic hydroxyl groups is 1. The van der Waals surface area contributed by atoms with Crippen LogP contribution in [-0.4, -0.2) is 35.4 Å². The first-order chi connectivity index (χ1) is 14.2. The highest BCUT2D eigenvalue weighted by Crippen LogP contribution is 2.42. The third-order valence-electron chi connectivity index (χ3n) is 5.39. The Morgan fingerprint density at radius 3 is 2.53 bits per heavy atom. The van der Waals surface area contributed by atoms with Gasteiger partial charge in [0, 0.05) is 22.5 Å². The van der Waals surface area contributed by atoms with Crippen LogP contribution in [-0.2, 0) is 15.0 Å². The minimum Gasteiger partial charge on any atom is -0.507 e. The average molecular weight is 428 g/mol. The number of methoxy groups -OCH3 is 1. The number of benzene rings is 1. The van der Waals surface area contributed by atoms with Crippen LogP contribution in [0.15, 0.2) is 41.3 Å². The van der Waals surface area contributed by atoms with Gasteiger partial charge in [-0.15, -0.1) is 11.3 Å². The Bertz CT molecular complexity index is 970. The Balaban J connectivity index is 2.17. The molecule has 0 saturated carbocycles. The van der Waals surface area contributed by atoms with Gasteiger partial charge in [-0.05, 0) is 41.5 Å². The van der Waals surface area contributed by atoms with Crippen LogP contribution in [0.3, 0.4) is 0 Å². The first-order valence-electron chi connectivity index (χ1n) is 10.2. The average Bonchev–Trinajstić information content (AvgIpc) is 3.32. The summed E-state index contributed by atoms with van der Waals surface area (Å²) in [4.78, 5) is 28.2. The number of carbonyl (C=O) groups is 2. The zero-order valence-electron chi connectivity index (χ0n) is 18.2. The molecule has 1 aromatic heterocycles. The summed E-state index contributed by atoms with van der Waals surface area (Å²) in [6.45, 7) is 8.70. The lowest BCUT2D eigenvalue weighted by Crippen LogP contribution is -2.30. The van der Waals surface area contributed by atoms with Crippen LogP contribution in [0.25, 0.3) is 5.76 Å². The predicted molar refractivity (Wildman–Crippen MR) is 120 cm³/mol. The molecule has 0 spiro atoms. The largest absolute Gasteiger partial charge is 0.507 e. The first-order valence-corrected chi connectivity index (χ1v) is 11.1. The molecule has 2 aromatic rings. The van der Waals surface area contributed by atoms with Gasteiger partial charge in [0.15, 0.2) is 0 Å². The van der Waals surface area contributed by atoms with Gasteiger partial charge in [-0.3, -0.25) is 9.59 Å². The molecule has 1 aliphatic heterocycles. The lowest BCUT2D eigenvalue weighted by atomic mass is 9.84. The van der Waals surface area contributed by atoms with Crippen molar-refractivity contribution in [3.05, 3.63) is 57.3 Å². The molecule has 1 atom stereocenters. The van der Waals surface area contributed by atoms with E-state index in [1.807, 2.05) is 30.5 Å². The Morgan fingerprint density at radius 2 is 1.97 bits per heavy atom. The molecule has 1 unspecified atom stereocenters. The van der Waals surface area contributed by atoms with Crippen LogP contribution in [0.1, 0.15) is 62.6 Å². The summed E-state index contributed by atoms with van der Waals surface area (Å²) in [6, 6.07) is 8.61. The van der Waals surface area contributed by atoms with E-state index in [1.165, 1.54) is 11.3 Å². The smallest absolute Gasteiger partial charge is 0.295 e. The lowest BCUT2D eigenvalue weighted by Gasteiger charge is -2.25. The number of thiophene rings is 1. The molecule has 2 heterocycles. The summed E-state index contributed by atoms with van der Waals surface area (Å²) in [7, 11) is 1.61. The molecule has 0 bridgehead atoms. The van der Waals surface area contributed by atoms with Crippen LogP contribution < -0.4 is 4.74 Å². The van der Waals surface area contributed by atoms with Gasteiger partial charge in [0.05, 0.1) is 18.7 Å². The van der Waals surface area contributed by atoms with Crippen molar-refractivity contribution in [3.8, 4) is 5.75 Å². The number of hydrogen-bond acceptors (Lipinski definition) is 5. The molecule has 0 aliphatic carbocycles. The summed E-state index contributed by atoms with van der Waals surface area (Å²) in [5.74, 6) is -0.598. The monoisotopic (exact) mass is 427 g/mol. The molecule has 1 fully saturated rings. The molecular formula is C24H29NO4S. The second-order valence-corrected chi connectivity index (χ2v) is 9.51. The Kier molecular flexibility index (Phi) is 6.36. The molecule has 3 rings (SSSR count). The maximum atomic E-state index is 13.0. The molecule has 1 N–H and O–H groups in total. The molecule has 1 amide bonds. The van der Waals surface area contributed by atoms with Crippen molar-refractivity contribution < 1.29 is 19.4 Å². The van der Waals surface area contributed by atoms with Gasteiger partial charge in [0.25, 0.3) is 11.7 Å². The summed E-state index contributed by atoms with van der Waals surface area (Å²) in [6.07, 6.45) is 1.71. The van der Waals surface area contributed by atoms with E-state index in [4.69, 9.17) is 4.74 Å². The van der Waals surface area contributed by atoms with E-state index < -0.39 is 17.7 Å². The molecule has 160 valence electrons. The molecule has 0 radical (unpaired) electrons. The van der Waals surface area contributed by atoms with E-state index in [-0.39, 0.29) is 16.7 Å². The molecule has 1 aliphatic rings. The summed E-state index contributed by atoms with van der Waals surface area (Å²) < 4.78 is 5.49. The lowest BCUT2D eigenvalue weighted by molar-refractivity contribution is -0.139. The number of hydrogen-bond donors (Lipinski definition) is 1. The Hall–Kier alpha value is -2.60. The molecule has 6 heteroatoms. The molecule has 1 aromatic carbocycles. The number of likely N-dealkylation sites (tertiary alicyclic amines) is 1. The Morgan fingerprint density at radius 1 is 1.23 bits per heavy atom. The van der Waals surface area contributed by atoms with Gasteiger partial charge in [-0.1, -0.05) is 40.2 Å². The second-order valence-electron chi connectivity index (χ2n) is 8.53. The number of amides is 1. The van der Waals surface area contributed by atoms with Gasteiger partial charge in [-0.2, -0.15) is 0 Å². The van der Waals surface area contributed by atoms with E-state index in [0.29, 0.717) is 12.1 Å². The van der Waals surface area contributed by atoms with Gasteiger partial charge >= 0.3 is 0 Å². The zero-order chi connectivity index (χ0) is 22.1. The number of Topliss-reactive ketones (excluding diaryl/α,β-unsaturated/α-hetero) is 1. The number of rotatable bonds is 6. The third kappa shape index (κ3) is 4.01. The van der Waals surface area contributed by atoms with Crippen molar-refractivity contribution in [1.82, 2.24) is 4.90 Å². The van der Waals surface area contributed by atoms with Gasteiger partial charge in [0.2, 0.25) is 0 Å². The van der Waals surface area contributed by atoms with Crippen molar-refractivity contribution in [3.63, 3.8) is 0 Å². The van der Waals surface area contributed by atoms with Crippen LogP contribution in [0.4, 0.5) is 0 Å². The topological polar surface area (TPSA) is 66.8 Å². The number of aliphatic hydroxyl groups excluding tert-OH is 1. The maximum absolute atomic E-state index is 13.0. The highest BCUT2D eigenvalue weighted by Gasteiger charge is 2.46. The minimum absolute atomic E-state index is 0.140. The van der Waals surface area contributed by atoms with E-state index in [2.05, 4.69) is 20.8 Å². The van der Waals surface area contributed by atoms with Crippen molar-refractivity contribution in [1.29, 1.82) is 0 Å². The standard InChI is InChI=1S/C24H29NO4S/c1-6-7-12-25-20(18-9-8-13-30-18)19(22(27)23(25)28)21(26)15-10-11-17(29-5)16(14-15)24(2,3)4/h8-11,13-14,20,26H,6-7,12H2,1-5H3/b21-19-. The number of ketones is 1. The fourth-order valence-electron chi connectivity index (χ4n) is 3.78. The summed E-state index contributed by atoms with van der Waals surface area (Å²) in [5, 5.41) is 13.1. The first kappa shape index (κ1) is 22.1. The quantitative estimate of drug-likeness (QED) is 0.387. The van der Waals surface area contributed by atoms with E-state index in [9.17, 15) is 14.7 Å². The number of ether oxygens (including phenoxy) is 1. The Labute approximate surface area is 182 Å². The third-order valence-corrected chi connectivity index (χ3v) is 6.31. The maximum Gasteiger partial charge on any atom is 0.295 e. The van der Waals surface area contributed by atoms with Crippen molar-refractivity contribution in [2.75, 3.05) is 13.7 Å². The number of nitrogens with zero attached hydrogens (tertiary/aromatic N) is 1. The van der Waals surface area contributed by atoms with Gasteiger partial charge in [0.1, 0.15) is 11.5 Å². The van der Waals surface area contributed by atoms with E-state index >= 15 is 0 Å². The van der Waals surface area contributed by atoms with Crippen LogP contribution in [0, 0.1) is 0 Å². The van der Waals surface area contributed by atoms with Crippen LogP contribution in [0.5, 0.6) is 5.75 Å². The molecule has 30 heavy (non-hydrogen) atoms. The fraction of sp³-hybridized carbons (Fsp3) is 0.417. The fourth-order valence-corrected chi connectivity index (χ4v) is 4.62. The highest BCUT2D eigenvalue weighted by molar-refractivity contribution is 7.10. The van der Waals surface area contributed by atoms with E-state index in [1.54, 1.807) is 24.1 Å². The predicted octanol–water partition coefficient (Wildman–Crippen LogP) is 5.28. The second kappa shape index (κ2) is 8.64. The number of carbonyl (C=O) groups excluding carboxylic acids is 2. The van der Waals surface area contributed by atoms with Crippen molar-refractivity contribution in [2.24, 2.45) is 0 Å². The molecule has 1 saturated heterocycles. The van der Waals surface area contributed by atoms with Crippen LogP contribution in [0.2, 0.25) is 0 Å².